The van der Waals surface area contributed by atoms with Crippen LogP contribution in [0.4, 0.5) is 4.39 Å². The largest absolute Gasteiger partial charge is 0.310 e. The highest BCUT2D eigenvalue weighted by atomic mass is 79.9. The third kappa shape index (κ3) is 2.64. The molecule has 1 aromatic carbocycles. The number of rotatable bonds is 4. The van der Waals surface area contributed by atoms with Crippen molar-refractivity contribution in [3.05, 3.63) is 34.1 Å². The molecule has 0 radical (unpaired) electrons. The third-order valence-electron chi connectivity index (χ3n) is 3.29. The highest BCUT2D eigenvalue weighted by molar-refractivity contribution is 9.10. The van der Waals surface area contributed by atoms with Crippen LogP contribution in [0.1, 0.15) is 37.8 Å². The van der Waals surface area contributed by atoms with Crippen molar-refractivity contribution in [2.75, 3.05) is 6.54 Å². The van der Waals surface area contributed by atoms with Crippen LogP contribution < -0.4 is 5.32 Å². The van der Waals surface area contributed by atoms with Crippen LogP contribution in [-0.2, 0) is 0 Å². The normalized spacial score (nSPS) is 18.2. The summed E-state index contributed by atoms with van der Waals surface area (Å²) < 4.78 is 14.2. The summed E-state index contributed by atoms with van der Waals surface area (Å²) in [6, 6.07) is 5.49. The molecule has 0 saturated heterocycles. The van der Waals surface area contributed by atoms with Crippen LogP contribution in [0.5, 0.6) is 0 Å². The van der Waals surface area contributed by atoms with Crippen molar-refractivity contribution in [3.63, 3.8) is 0 Å². The summed E-state index contributed by atoms with van der Waals surface area (Å²) in [5, 5.41) is 3.47. The summed E-state index contributed by atoms with van der Waals surface area (Å²) in [7, 11) is 0. The van der Waals surface area contributed by atoms with Crippen molar-refractivity contribution in [2.45, 2.75) is 32.2 Å². The maximum Gasteiger partial charge on any atom is 0.124 e. The van der Waals surface area contributed by atoms with E-state index < -0.39 is 0 Å². The number of hydrogen-bond donors (Lipinski definition) is 1. The topological polar surface area (TPSA) is 12.0 Å². The molecule has 1 fully saturated rings. The van der Waals surface area contributed by atoms with E-state index in [1.54, 1.807) is 6.07 Å². The second kappa shape index (κ2) is 5.28. The first-order valence-electron chi connectivity index (χ1n) is 5.90. The van der Waals surface area contributed by atoms with Gasteiger partial charge in [0.15, 0.2) is 0 Å². The van der Waals surface area contributed by atoms with Crippen LogP contribution >= 0.6 is 15.9 Å². The summed E-state index contributed by atoms with van der Waals surface area (Å²) in [6.07, 6.45) is 3.82. The molecular weight excluding hydrogens is 269 g/mol. The molecule has 1 atom stereocenters. The average Bonchev–Trinajstić information content (AvgIpc) is 2.12. The fourth-order valence-corrected chi connectivity index (χ4v) is 2.79. The van der Waals surface area contributed by atoms with Gasteiger partial charge in [0.05, 0.1) is 0 Å². The Balaban J connectivity index is 2.22. The van der Waals surface area contributed by atoms with E-state index in [1.807, 2.05) is 6.07 Å². The molecule has 0 heterocycles. The summed E-state index contributed by atoms with van der Waals surface area (Å²) >= 11 is 3.35. The van der Waals surface area contributed by atoms with Gasteiger partial charge in [-0.05, 0) is 49.1 Å². The van der Waals surface area contributed by atoms with E-state index in [-0.39, 0.29) is 5.82 Å². The molecule has 0 aromatic heterocycles. The molecule has 1 aliphatic carbocycles. The minimum atomic E-state index is -0.161. The van der Waals surface area contributed by atoms with Crippen LogP contribution in [0.15, 0.2) is 22.7 Å². The minimum absolute atomic E-state index is 0.161. The lowest BCUT2D eigenvalue weighted by Gasteiger charge is -2.34. The molecule has 2 rings (SSSR count). The van der Waals surface area contributed by atoms with Gasteiger partial charge in [0.2, 0.25) is 0 Å². The molecule has 1 nitrogen and oxygen atoms in total. The van der Waals surface area contributed by atoms with E-state index in [0.717, 1.165) is 16.6 Å². The Labute approximate surface area is 105 Å². The van der Waals surface area contributed by atoms with Gasteiger partial charge in [0.1, 0.15) is 5.82 Å². The summed E-state index contributed by atoms with van der Waals surface area (Å²) in [5.74, 6) is 0.514. The lowest BCUT2D eigenvalue weighted by atomic mass is 9.77. The van der Waals surface area contributed by atoms with Crippen LogP contribution in [-0.4, -0.2) is 6.54 Å². The molecule has 16 heavy (non-hydrogen) atoms. The SMILES string of the molecule is CCNC(c1cc(F)cc(Br)c1)C1CCC1. The second-order valence-electron chi connectivity index (χ2n) is 4.43. The van der Waals surface area contributed by atoms with Gasteiger partial charge in [0.25, 0.3) is 0 Å². The highest BCUT2D eigenvalue weighted by Gasteiger charge is 2.28. The molecule has 0 aliphatic heterocycles. The van der Waals surface area contributed by atoms with E-state index in [0.29, 0.717) is 12.0 Å². The number of nitrogens with one attached hydrogen (secondary N) is 1. The van der Waals surface area contributed by atoms with Crippen LogP contribution in [0.3, 0.4) is 0 Å². The minimum Gasteiger partial charge on any atom is -0.310 e. The van der Waals surface area contributed by atoms with Crippen molar-refractivity contribution in [2.24, 2.45) is 5.92 Å². The number of benzene rings is 1. The second-order valence-corrected chi connectivity index (χ2v) is 5.34. The van der Waals surface area contributed by atoms with E-state index in [9.17, 15) is 4.39 Å². The molecular formula is C13H17BrFN. The van der Waals surface area contributed by atoms with E-state index >= 15 is 0 Å². The van der Waals surface area contributed by atoms with Crippen LogP contribution in [0, 0.1) is 11.7 Å². The van der Waals surface area contributed by atoms with Crippen molar-refractivity contribution in [3.8, 4) is 0 Å². The number of halogens is 2. The Bertz CT molecular complexity index is 343. The van der Waals surface area contributed by atoms with Crippen molar-refractivity contribution < 1.29 is 4.39 Å². The maximum atomic E-state index is 13.4. The standard InChI is InChI=1S/C13H17BrFN/c1-2-16-13(9-4-3-5-9)10-6-11(14)8-12(15)7-10/h6-9,13,16H,2-5H2,1H3. The maximum absolute atomic E-state index is 13.4. The first-order chi connectivity index (χ1) is 7.70. The van der Waals surface area contributed by atoms with Crippen molar-refractivity contribution in [1.29, 1.82) is 0 Å². The summed E-state index contributed by atoms with van der Waals surface area (Å²) in [6.45, 7) is 3.02. The average molecular weight is 286 g/mol. The van der Waals surface area contributed by atoms with Crippen LogP contribution in [0.25, 0.3) is 0 Å². The molecule has 1 aliphatic rings. The molecule has 1 N–H and O–H groups in total. The molecule has 0 bridgehead atoms. The van der Waals surface area contributed by atoms with E-state index in [1.165, 1.54) is 25.3 Å². The lowest BCUT2D eigenvalue weighted by Crippen LogP contribution is -2.32. The zero-order chi connectivity index (χ0) is 11.5. The Morgan fingerprint density at radius 3 is 2.69 bits per heavy atom. The highest BCUT2D eigenvalue weighted by Crippen LogP contribution is 2.38. The molecule has 1 unspecified atom stereocenters. The van der Waals surface area contributed by atoms with Gasteiger partial charge in [-0.15, -0.1) is 0 Å². The monoisotopic (exact) mass is 285 g/mol. The Morgan fingerprint density at radius 2 is 2.19 bits per heavy atom. The Hall–Kier alpha value is -0.410. The molecule has 1 aromatic rings. The van der Waals surface area contributed by atoms with Crippen molar-refractivity contribution in [1.82, 2.24) is 5.32 Å². The van der Waals surface area contributed by atoms with Gasteiger partial charge in [0, 0.05) is 10.5 Å². The quantitative estimate of drug-likeness (QED) is 0.881. The third-order valence-corrected chi connectivity index (χ3v) is 3.75. The van der Waals surface area contributed by atoms with Gasteiger partial charge in [-0.1, -0.05) is 29.3 Å². The van der Waals surface area contributed by atoms with Gasteiger partial charge in [-0.25, -0.2) is 4.39 Å². The summed E-state index contributed by atoms with van der Waals surface area (Å²) in [4.78, 5) is 0. The zero-order valence-corrected chi connectivity index (χ0v) is 11.1. The van der Waals surface area contributed by atoms with E-state index in [4.69, 9.17) is 0 Å². The lowest BCUT2D eigenvalue weighted by molar-refractivity contribution is 0.233. The van der Waals surface area contributed by atoms with Crippen LogP contribution in [0.2, 0.25) is 0 Å². The van der Waals surface area contributed by atoms with Gasteiger partial charge >= 0.3 is 0 Å². The predicted octanol–water partition coefficient (Wildman–Crippen LogP) is 4.04. The van der Waals surface area contributed by atoms with E-state index in [2.05, 4.69) is 28.2 Å². The zero-order valence-electron chi connectivity index (χ0n) is 9.47. The Kier molecular flexibility index (Phi) is 3.98. The summed E-state index contributed by atoms with van der Waals surface area (Å²) in [5.41, 5.74) is 1.07. The predicted molar refractivity (Wildman–Crippen MR) is 67.9 cm³/mol. The molecule has 1 saturated carbocycles. The van der Waals surface area contributed by atoms with Gasteiger partial charge < -0.3 is 5.32 Å². The molecule has 88 valence electrons. The fourth-order valence-electron chi connectivity index (χ4n) is 2.30. The first kappa shape index (κ1) is 12.1. The smallest absolute Gasteiger partial charge is 0.124 e. The first-order valence-corrected chi connectivity index (χ1v) is 6.69. The number of hydrogen-bond acceptors (Lipinski definition) is 1. The Morgan fingerprint density at radius 1 is 1.44 bits per heavy atom. The molecule has 3 heteroatoms. The van der Waals surface area contributed by atoms with Gasteiger partial charge in [-0.3, -0.25) is 0 Å². The van der Waals surface area contributed by atoms with Gasteiger partial charge in [-0.2, -0.15) is 0 Å². The van der Waals surface area contributed by atoms with Crippen molar-refractivity contribution >= 4 is 15.9 Å². The molecule has 0 spiro atoms. The fraction of sp³-hybridized carbons (Fsp3) is 0.538. The molecule has 0 amide bonds.